The van der Waals surface area contributed by atoms with Crippen LogP contribution in [-0.2, 0) is 24.7 Å². The van der Waals surface area contributed by atoms with Crippen molar-refractivity contribution in [3.63, 3.8) is 0 Å². The van der Waals surface area contributed by atoms with Gasteiger partial charge in [-0.2, -0.15) is 0 Å². The second-order valence-electron chi connectivity index (χ2n) is 3.38. The number of furan rings is 1. The molecule has 0 radical (unpaired) electrons. The summed E-state index contributed by atoms with van der Waals surface area (Å²) < 4.78 is 6.93. The molecule has 0 amide bonds. The van der Waals surface area contributed by atoms with Crippen LogP contribution >= 0.6 is 0 Å². The quantitative estimate of drug-likeness (QED) is 0.543. The van der Waals surface area contributed by atoms with Gasteiger partial charge < -0.3 is 24.8 Å². The molecule has 0 spiro atoms. The smallest absolute Gasteiger partial charge is 1.00 e. The van der Waals surface area contributed by atoms with Crippen LogP contribution in [0.15, 0.2) is 37.7 Å². The molecule has 0 saturated carbocycles. The van der Waals surface area contributed by atoms with E-state index in [9.17, 15) is 0 Å². The minimum Gasteiger partial charge on any atom is -1.00 e. The first kappa shape index (κ1) is 15.2. The summed E-state index contributed by atoms with van der Waals surface area (Å²) in [4.78, 5) is 0. The first-order valence-corrected chi connectivity index (χ1v) is 5.61. The van der Waals surface area contributed by atoms with Gasteiger partial charge in [0.1, 0.15) is 0 Å². The average Bonchev–Trinajstić information content (AvgIpc) is 2.70. The van der Waals surface area contributed by atoms with Crippen molar-refractivity contribution in [2.75, 3.05) is 0 Å². The maximum absolute atomic E-state index is 5.39. The molecule has 1 heterocycles. The van der Waals surface area contributed by atoms with E-state index in [1.807, 2.05) is 12.1 Å². The Kier molecular flexibility index (Phi) is 6.17. The van der Waals surface area contributed by atoms with Crippen LogP contribution in [0.5, 0.6) is 0 Å². The van der Waals surface area contributed by atoms with Crippen LogP contribution in [0.1, 0.15) is 19.6 Å². The van der Waals surface area contributed by atoms with Gasteiger partial charge in [0.25, 0.3) is 0 Å². The van der Waals surface area contributed by atoms with Crippen molar-refractivity contribution in [2.45, 2.75) is 13.8 Å². The number of halogens is 2. The average molecular weight is 321 g/mol. The second kappa shape index (κ2) is 6.08. The van der Waals surface area contributed by atoms with Crippen LogP contribution in [0.4, 0.5) is 0 Å². The molecule has 4 heteroatoms. The fraction of sp³-hybridized carbons (Fsp3) is 0.273. The van der Waals surface area contributed by atoms with Crippen LogP contribution in [-0.4, -0.2) is 0 Å². The molecule has 1 atom stereocenters. The molecule has 0 N–H and O–H groups in total. The SMILES string of the molecule is CC1=[C]([Zr+2])C(C)C=C1c1ccco1.[Cl-].[Cl-]. The van der Waals surface area contributed by atoms with Crippen molar-refractivity contribution in [1.29, 1.82) is 0 Å². The summed E-state index contributed by atoms with van der Waals surface area (Å²) in [6, 6.07) is 3.96. The van der Waals surface area contributed by atoms with Gasteiger partial charge in [0, 0.05) is 0 Å². The first-order valence-electron chi connectivity index (χ1n) is 4.38. The Morgan fingerprint density at radius 2 is 2.00 bits per heavy atom. The Morgan fingerprint density at radius 1 is 1.33 bits per heavy atom. The van der Waals surface area contributed by atoms with Crippen molar-refractivity contribution >= 4 is 5.57 Å². The zero-order valence-corrected chi connectivity index (χ0v) is 12.5. The minimum atomic E-state index is 0. The minimum absolute atomic E-state index is 0. The van der Waals surface area contributed by atoms with Crippen molar-refractivity contribution in [1.82, 2.24) is 0 Å². The fourth-order valence-corrected chi connectivity index (χ4v) is 2.18. The summed E-state index contributed by atoms with van der Waals surface area (Å²) in [5, 5.41) is 0. The molecule has 0 bridgehead atoms. The molecular formula is C11H11Cl2OZr. The topological polar surface area (TPSA) is 13.1 Å². The second-order valence-corrected chi connectivity index (χ2v) is 4.71. The van der Waals surface area contributed by atoms with Crippen molar-refractivity contribution < 1.29 is 54.0 Å². The molecule has 0 fully saturated rings. The van der Waals surface area contributed by atoms with Gasteiger partial charge in [-0.15, -0.1) is 0 Å². The largest absolute Gasteiger partial charge is 1.00 e. The van der Waals surface area contributed by atoms with Gasteiger partial charge in [-0.05, 0) is 0 Å². The van der Waals surface area contributed by atoms with E-state index in [0.29, 0.717) is 5.92 Å². The molecule has 1 unspecified atom stereocenters. The number of hydrogen-bond donors (Lipinski definition) is 0. The van der Waals surface area contributed by atoms with E-state index in [-0.39, 0.29) is 24.8 Å². The molecule has 1 aliphatic rings. The molecule has 0 aliphatic heterocycles. The molecule has 15 heavy (non-hydrogen) atoms. The van der Waals surface area contributed by atoms with Crippen LogP contribution in [0.3, 0.4) is 0 Å². The molecule has 1 nitrogen and oxygen atoms in total. The molecule has 0 saturated heterocycles. The Bertz CT molecular complexity index is 379. The van der Waals surface area contributed by atoms with E-state index in [1.165, 1.54) is 35.9 Å². The molecule has 2 rings (SSSR count). The van der Waals surface area contributed by atoms with Crippen LogP contribution in [0.25, 0.3) is 5.57 Å². The monoisotopic (exact) mass is 319 g/mol. The van der Waals surface area contributed by atoms with E-state index in [1.54, 1.807) is 9.54 Å². The van der Waals surface area contributed by atoms with Gasteiger partial charge in [0.2, 0.25) is 0 Å². The molecule has 1 aromatic rings. The van der Waals surface area contributed by atoms with Crippen molar-refractivity contribution in [3.8, 4) is 0 Å². The van der Waals surface area contributed by atoms with E-state index >= 15 is 0 Å². The van der Waals surface area contributed by atoms with Gasteiger partial charge in [-0.1, -0.05) is 0 Å². The predicted octanol–water partition coefficient (Wildman–Crippen LogP) is -2.86. The molecule has 0 aromatic carbocycles. The zero-order chi connectivity index (χ0) is 9.42. The maximum Gasteiger partial charge on any atom is -1.00 e. The number of hydrogen-bond acceptors (Lipinski definition) is 1. The standard InChI is InChI=1S/C11H11O.2ClH.Zr/c1-8-6-9(2)10(7-8)11-4-3-5-12-11;;;/h3-5,7-8H,1-2H3;2*1H;/q;;;+2/p-2. The summed E-state index contributed by atoms with van der Waals surface area (Å²) >= 11 is 1.52. The molecule has 1 aliphatic carbocycles. The number of rotatable bonds is 1. The molecule has 79 valence electrons. The third kappa shape index (κ3) is 2.87. The number of allylic oxidation sites excluding steroid dienone is 4. The predicted molar refractivity (Wildman–Crippen MR) is 48.5 cm³/mol. The van der Waals surface area contributed by atoms with Crippen molar-refractivity contribution in [2.24, 2.45) is 5.92 Å². The van der Waals surface area contributed by atoms with Crippen LogP contribution in [0, 0.1) is 5.92 Å². The van der Waals surface area contributed by atoms with E-state index in [4.69, 9.17) is 4.42 Å². The molecule has 1 aromatic heterocycles. The van der Waals surface area contributed by atoms with E-state index in [0.717, 1.165) is 5.76 Å². The third-order valence-corrected chi connectivity index (χ3v) is 4.51. The summed E-state index contributed by atoms with van der Waals surface area (Å²) in [6.07, 6.45) is 4.02. The van der Waals surface area contributed by atoms with E-state index < -0.39 is 0 Å². The summed E-state index contributed by atoms with van der Waals surface area (Å²) in [7, 11) is 0. The van der Waals surface area contributed by atoms with Gasteiger partial charge in [-0.3, -0.25) is 0 Å². The molecular weight excluding hydrogens is 310 g/mol. The maximum atomic E-state index is 5.39. The summed E-state index contributed by atoms with van der Waals surface area (Å²) in [6.45, 7) is 4.42. The Labute approximate surface area is 118 Å². The van der Waals surface area contributed by atoms with Crippen molar-refractivity contribution in [3.05, 3.63) is 39.1 Å². The van der Waals surface area contributed by atoms with E-state index in [2.05, 4.69) is 19.9 Å². The van der Waals surface area contributed by atoms with Gasteiger partial charge in [0.15, 0.2) is 0 Å². The van der Waals surface area contributed by atoms with Gasteiger partial charge >= 0.3 is 93.6 Å². The zero-order valence-electron chi connectivity index (χ0n) is 8.55. The normalized spacial score (nSPS) is 19.5. The summed E-state index contributed by atoms with van der Waals surface area (Å²) in [5.41, 5.74) is 2.69. The Balaban J connectivity index is 0.000000980. The van der Waals surface area contributed by atoms with Crippen LogP contribution in [0.2, 0.25) is 0 Å². The fourth-order valence-electron chi connectivity index (χ4n) is 1.64. The Hall–Kier alpha value is 0.223. The third-order valence-electron chi connectivity index (χ3n) is 2.47. The summed E-state index contributed by atoms with van der Waals surface area (Å²) in [5.74, 6) is 1.60. The van der Waals surface area contributed by atoms with Gasteiger partial charge in [0.05, 0.1) is 0 Å². The van der Waals surface area contributed by atoms with Crippen LogP contribution < -0.4 is 24.8 Å². The first-order chi connectivity index (χ1) is 6.20. The van der Waals surface area contributed by atoms with Gasteiger partial charge in [-0.25, -0.2) is 0 Å². The Morgan fingerprint density at radius 3 is 2.40 bits per heavy atom.